The van der Waals surface area contributed by atoms with E-state index in [1.54, 1.807) is 18.1 Å². The molecule has 2 N–H and O–H groups in total. The van der Waals surface area contributed by atoms with Crippen LogP contribution in [0.5, 0.6) is 0 Å². The van der Waals surface area contributed by atoms with E-state index in [4.69, 9.17) is 5.84 Å². The molecule has 0 aliphatic carbocycles. The fourth-order valence-electron chi connectivity index (χ4n) is 0.152. The van der Waals surface area contributed by atoms with Crippen molar-refractivity contribution in [2.75, 3.05) is 7.05 Å². The van der Waals surface area contributed by atoms with E-state index in [-0.39, 0.29) is 0 Å². The summed E-state index contributed by atoms with van der Waals surface area (Å²) in [5.41, 5.74) is 0. The zero-order valence-corrected chi connectivity index (χ0v) is 4.33. The Morgan fingerprint density at radius 1 is 1.86 bits per heavy atom. The lowest BCUT2D eigenvalue weighted by Gasteiger charge is -2.00. The Balaban J connectivity index is 3.35. The van der Waals surface area contributed by atoms with Gasteiger partial charge in [-0.2, -0.15) is 5.10 Å². The van der Waals surface area contributed by atoms with E-state index in [1.807, 2.05) is 0 Å². The van der Waals surface area contributed by atoms with Gasteiger partial charge in [0.1, 0.15) is 6.34 Å². The Labute approximate surface area is 43.1 Å². The minimum atomic E-state index is 1.47. The molecule has 0 radical (unpaired) electrons. The topological polar surface area (TPSA) is 41.6 Å². The molecule has 0 aliphatic rings. The van der Waals surface area contributed by atoms with Crippen LogP contribution < -0.4 is 5.84 Å². The molecular formula is C4H9N3. The van der Waals surface area contributed by atoms with Gasteiger partial charge in [-0.25, -0.2) is 0 Å². The van der Waals surface area contributed by atoms with E-state index in [0.29, 0.717) is 0 Å². The molecule has 0 fully saturated rings. The summed E-state index contributed by atoms with van der Waals surface area (Å²) in [6.45, 7) is 3.46. The highest BCUT2D eigenvalue weighted by Gasteiger charge is 1.73. The zero-order chi connectivity index (χ0) is 5.70. The standard InChI is InChI=1S/C4H9N3/c1-3-7(2)4-6-5/h3-4H,1,5H2,2H3/b6-4-. The average Bonchev–Trinajstić information content (AvgIpc) is 1.68. The predicted molar refractivity (Wildman–Crippen MR) is 30.6 cm³/mol. The van der Waals surface area contributed by atoms with Crippen molar-refractivity contribution in [1.82, 2.24) is 4.90 Å². The third-order valence-electron chi connectivity index (χ3n) is 0.537. The lowest BCUT2D eigenvalue weighted by Crippen LogP contribution is -2.07. The molecule has 0 aromatic rings. The highest BCUT2D eigenvalue weighted by Crippen LogP contribution is 1.69. The molecule has 0 unspecified atom stereocenters. The van der Waals surface area contributed by atoms with Crippen LogP contribution in [0.2, 0.25) is 0 Å². The fourth-order valence-corrected chi connectivity index (χ4v) is 0.152. The van der Waals surface area contributed by atoms with Crippen molar-refractivity contribution >= 4 is 6.34 Å². The molecule has 0 atom stereocenters. The van der Waals surface area contributed by atoms with E-state index in [2.05, 4.69) is 11.7 Å². The van der Waals surface area contributed by atoms with Crippen LogP contribution in [-0.2, 0) is 0 Å². The zero-order valence-electron chi connectivity index (χ0n) is 4.33. The van der Waals surface area contributed by atoms with Gasteiger partial charge in [-0.15, -0.1) is 0 Å². The molecule has 0 saturated carbocycles. The first-order valence-corrected chi connectivity index (χ1v) is 1.89. The summed E-state index contributed by atoms with van der Waals surface area (Å²) < 4.78 is 0. The molecular weight excluding hydrogens is 90.1 g/mol. The van der Waals surface area contributed by atoms with Gasteiger partial charge in [0.05, 0.1) is 0 Å². The van der Waals surface area contributed by atoms with E-state index in [9.17, 15) is 0 Å². The van der Waals surface area contributed by atoms with Gasteiger partial charge in [-0.05, 0) is 6.20 Å². The summed E-state index contributed by atoms with van der Waals surface area (Å²) in [6, 6.07) is 0. The molecule has 0 amide bonds. The van der Waals surface area contributed by atoms with Crippen molar-refractivity contribution in [3.63, 3.8) is 0 Å². The summed E-state index contributed by atoms with van der Waals surface area (Å²) in [4.78, 5) is 1.65. The second kappa shape index (κ2) is 3.21. The van der Waals surface area contributed by atoms with Crippen molar-refractivity contribution in [3.8, 4) is 0 Å². The molecule has 0 bridgehead atoms. The average molecular weight is 99.1 g/mol. The molecule has 0 saturated heterocycles. The Hall–Kier alpha value is -0.990. The van der Waals surface area contributed by atoms with Gasteiger partial charge in [0.2, 0.25) is 0 Å². The summed E-state index contributed by atoms with van der Waals surface area (Å²) in [5.74, 6) is 4.78. The molecule has 40 valence electrons. The van der Waals surface area contributed by atoms with Crippen LogP contribution in [0.25, 0.3) is 0 Å². The molecule has 0 aromatic carbocycles. The van der Waals surface area contributed by atoms with E-state index in [0.717, 1.165) is 0 Å². The molecule has 7 heavy (non-hydrogen) atoms. The number of hydrogen-bond acceptors (Lipinski definition) is 2. The minimum absolute atomic E-state index is 1.47. The quantitative estimate of drug-likeness (QED) is 0.228. The Kier molecular flexibility index (Phi) is 2.76. The molecule has 0 spiro atoms. The molecule has 0 aliphatic heterocycles. The summed E-state index contributed by atoms with van der Waals surface area (Å²) in [5, 5.41) is 3.24. The van der Waals surface area contributed by atoms with Crippen molar-refractivity contribution in [3.05, 3.63) is 12.8 Å². The second-order valence-corrected chi connectivity index (χ2v) is 1.11. The number of rotatable bonds is 2. The maximum atomic E-state index is 4.78. The van der Waals surface area contributed by atoms with Gasteiger partial charge in [-0.3, -0.25) is 0 Å². The monoisotopic (exact) mass is 99.1 g/mol. The first-order valence-electron chi connectivity index (χ1n) is 1.89. The van der Waals surface area contributed by atoms with Crippen LogP contribution in [0.4, 0.5) is 0 Å². The lowest BCUT2D eigenvalue weighted by atomic mass is 10.8. The molecule has 3 heteroatoms. The Morgan fingerprint density at radius 3 is 2.57 bits per heavy atom. The van der Waals surface area contributed by atoms with E-state index >= 15 is 0 Å². The molecule has 3 nitrogen and oxygen atoms in total. The van der Waals surface area contributed by atoms with Gasteiger partial charge in [-0.1, -0.05) is 6.58 Å². The molecule has 0 rings (SSSR count). The highest BCUT2D eigenvalue weighted by atomic mass is 15.2. The SMILES string of the molecule is C=CN(C)/C=N\N. The maximum absolute atomic E-state index is 4.78. The van der Waals surface area contributed by atoms with Gasteiger partial charge in [0, 0.05) is 7.05 Å². The van der Waals surface area contributed by atoms with Gasteiger partial charge >= 0.3 is 0 Å². The number of nitrogens with zero attached hydrogens (tertiary/aromatic N) is 2. The lowest BCUT2D eigenvalue weighted by molar-refractivity contribution is 0.709. The van der Waals surface area contributed by atoms with Crippen LogP contribution in [0.3, 0.4) is 0 Å². The van der Waals surface area contributed by atoms with Crippen molar-refractivity contribution in [2.45, 2.75) is 0 Å². The van der Waals surface area contributed by atoms with Gasteiger partial charge in [0.15, 0.2) is 0 Å². The maximum Gasteiger partial charge on any atom is 0.114 e. The predicted octanol–water partition coefficient (Wildman–Crippen LogP) is -0.0363. The van der Waals surface area contributed by atoms with Crippen molar-refractivity contribution < 1.29 is 0 Å². The van der Waals surface area contributed by atoms with E-state index < -0.39 is 0 Å². The highest BCUT2D eigenvalue weighted by molar-refractivity contribution is 5.55. The first-order chi connectivity index (χ1) is 3.31. The van der Waals surface area contributed by atoms with Crippen molar-refractivity contribution in [1.29, 1.82) is 0 Å². The second-order valence-electron chi connectivity index (χ2n) is 1.11. The summed E-state index contributed by atoms with van der Waals surface area (Å²) >= 11 is 0. The molecule has 0 aromatic heterocycles. The smallest absolute Gasteiger partial charge is 0.114 e. The minimum Gasteiger partial charge on any atom is -0.341 e. The summed E-state index contributed by atoms with van der Waals surface area (Å²) in [6.07, 6.45) is 3.07. The van der Waals surface area contributed by atoms with Gasteiger partial charge in [0.25, 0.3) is 0 Å². The van der Waals surface area contributed by atoms with Crippen LogP contribution in [0, 0.1) is 0 Å². The van der Waals surface area contributed by atoms with Gasteiger partial charge < -0.3 is 10.7 Å². The van der Waals surface area contributed by atoms with Crippen LogP contribution in [0.1, 0.15) is 0 Å². The van der Waals surface area contributed by atoms with Crippen LogP contribution in [0.15, 0.2) is 17.9 Å². The third kappa shape index (κ3) is 2.82. The fraction of sp³-hybridized carbons (Fsp3) is 0.250. The number of hydrazone groups is 1. The Bertz CT molecular complexity index is 77.0. The number of hydrogen-bond donors (Lipinski definition) is 1. The number of nitrogens with two attached hydrogens (primary N) is 1. The third-order valence-corrected chi connectivity index (χ3v) is 0.537. The molecule has 0 heterocycles. The first kappa shape index (κ1) is 6.01. The van der Waals surface area contributed by atoms with E-state index in [1.165, 1.54) is 6.34 Å². The largest absolute Gasteiger partial charge is 0.341 e. The van der Waals surface area contributed by atoms with Crippen molar-refractivity contribution in [2.24, 2.45) is 10.9 Å². The normalized spacial score (nSPS) is 9.29. The van der Waals surface area contributed by atoms with Crippen LogP contribution in [-0.4, -0.2) is 18.3 Å². The summed E-state index contributed by atoms with van der Waals surface area (Å²) in [7, 11) is 1.80. The Morgan fingerprint density at radius 2 is 2.43 bits per heavy atom. The van der Waals surface area contributed by atoms with Crippen LogP contribution >= 0.6 is 0 Å².